The van der Waals surface area contributed by atoms with Crippen LogP contribution in [0.4, 0.5) is 11.6 Å². The Kier molecular flexibility index (Phi) is 36.9. The molecule has 0 saturated heterocycles. The summed E-state index contributed by atoms with van der Waals surface area (Å²) in [6, 6.07) is 1.10. The SMILES string of the molecule is CC(=O)N[C@@H](CCCN=C(N)N)C(=O)N[C@@H](CCCN=C(N)N)C(=O)NCC(=O)NCC(=O)NCC(=O)N[C@@H](CS)C(=O)O.C[C@H](CCCN=C(N)N)NC(=O)CNC(=O)CNC(=O)CNC(=O)CC[C@H](NC(=O)c1ccc(NCc2cnc3nc(N)[nH]c(=O)c3n2)cc1)C(=O)O. The Labute approximate surface area is 558 Å². The number of aromatic nitrogens is 4. The number of nitrogen functional groups attached to an aromatic ring is 1. The van der Waals surface area contributed by atoms with Crippen molar-refractivity contribution in [3.63, 3.8) is 0 Å². The normalized spacial score (nSPS) is 11.9. The number of anilines is 2. The highest BCUT2D eigenvalue weighted by atomic mass is 32.1. The number of guanidine groups is 3. The summed E-state index contributed by atoms with van der Waals surface area (Å²) in [5.41, 5.74) is 38.0. The molecular formula is C54H84N26O16S. The average molecular weight is 1390 g/mol. The number of nitrogens with zero attached hydrogens (tertiary/aromatic N) is 6. The maximum absolute atomic E-state index is 13.0. The molecule has 5 atom stereocenters. The minimum Gasteiger partial charge on any atom is -0.480 e. The van der Waals surface area contributed by atoms with Gasteiger partial charge in [-0.3, -0.25) is 77.5 Å². The van der Waals surface area contributed by atoms with Crippen molar-refractivity contribution in [1.29, 1.82) is 0 Å². The number of aromatic amines is 1. The van der Waals surface area contributed by atoms with Crippen LogP contribution in [0.15, 0.2) is 50.2 Å². The Hall–Kier alpha value is -11.7. The molecule has 0 bridgehead atoms. The number of nitrogens with one attached hydrogen (secondary N) is 13. The Morgan fingerprint density at radius 3 is 1.49 bits per heavy atom. The summed E-state index contributed by atoms with van der Waals surface area (Å²) in [6.07, 6.45) is 2.93. The quantitative estimate of drug-likeness (QED) is 0.0109. The minimum absolute atomic E-state index is 0.0132. The van der Waals surface area contributed by atoms with Crippen LogP contribution < -0.4 is 109 Å². The summed E-state index contributed by atoms with van der Waals surface area (Å²) in [5, 5.41) is 47.6. The van der Waals surface area contributed by atoms with Crippen LogP contribution >= 0.6 is 12.6 Å². The Bertz CT molecular complexity index is 3380. The molecule has 29 N–H and O–H groups in total. The van der Waals surface area contributed by atoms with E-state index in [-0.39, 0.29) is 111 Å². The number of hydrogen-bond acceptors (Lipinski definition) is 23. The lowest BCUT2D eigenvalue weighted by atomic mass is 10.1. The second-order valence-electron chi connectivity index (χ2n) is 20.7. The zero-order valence-corrected chi connectivity index (χ0v) is 53.9. The molecular weight excluding hydrogens is 1300 g/mol. The summed E-state index contributed by atoms with van der Waals surface area (Å²) in [6.45, 7) is 1.06. The van der Waals surface area contributed by atoms with E-state index in [0.29, 0.717) is 37.2 Å². The molecule has 1 aromatic carbocycles. The molecule has 43 heteroatoms. The Morgan fingerprint density at radius 2 is 1.01 bits per heavy atom. The van der Waals surface area contributed by atoms with Crippen LogP contribution in [0.5, 0.6) is 0 Å². The molecule has 0 unspecified atom stereocenters. The monoisotopic (exact) mass is 1380 g/mol. The number of rotatable bonds is 41. The highest BCUT2D eigenvalue weighted by molar-refractivity contribution is 7.80. The van der Waals surface area contributed by atoms with Gasteiger partial charge in [-0.05, 0) is 76.1 Å². The van der Waals surface area contributed by atoms with Crippen molar-refractivity contribution in [2.24, 2.45) is 49.4 Å². The van der Waals surface area contributed by atoms with Gasteiger partial charge in [0, 0.05) is 56.0 Å². The number of thiol groups is 1. The predicted molar refractivity (Wildman–Crippen MR) is 353 cm³/mol. The lowest BCUT2D eigenvalue weighted by molar-refractivity contribution is -0.141. The minimum atomic E-state index is -1.41. The molecule has 532 valence electrons. The van der Waals surface area contributed by atoms with Crippen molar-refractivity contribution in [3.05, 3.63) is 52.1 Å². The van der Waals surface area contributed by atoms with Crippen LogP contribution in [0.2, 0.25) is 0 Å². The fourth-order valence-electron chi connectivity index (χ4n) is 7.78. The van der Waals surface area contributed by atoms with Crippen molar-refractivity contribution < 1.29 is 72.5 Å². The van der Waals surface area contributed by atoms with Gasteiger partial charge in [0.1, 0.15) is 24.2 Å². The first-order valence-corrected chi connectivity index (χ1v) is 30.2. The van der Waals surface area contributed by atoms with E-state index in [4.69, 9.17) is 45.2 Å². The van der Waals surface area contributed by atoms with Crippen molar-refractivity contribution in [1.82, 2.24) is 78.4 Å². The lowest BCUT2D eigenvalue weighted by Gasteiger charge is -2.22. The van der Waals surface area contributed by atoms with Crippen molar-refractivity contribution >= 4 is 130 Å². The number of fused-ring (bicyclic) bond motifs is 1. The van der Waals surface area contributed by atoms with E-state index in [1.807, 2.05) is 0 Å². The van der Waals surface area contributed by atoms with E-state index in [1.165, 1.54) is 25.3 Å². The first kappa shape index (κ1) is 81.4. The number of nitrogens with two attached hydrogens (primary N) is 7. The molecule has 2 heterocycles. The Balaban J connectivity index is 0.000000673. The van der Waals surface area contributed by atoms with Crippen molar-refractivity contribution in [2.75, 3.05) is 75.7 Å². The van der Waals surface area contributed by atoms with Crippen molar-refractivity contribution in [2.45, 2.75) is 102 Å². The fourth-order valence-corrected chi connectivity index (χ4v) is 8.03. The molecule has 0 spiro atoms. The largest absolute Gasteiger partial charge is 0.480 e. The molecule has 0 fully saturated rings. The highest BCUT2D eigenvalue weighted by Crippen LogP contribution is 2.13. The summed E-state index contributed by atoms with van der Waals surface area (Å²) < 4.78 is 0. The summed E-state index contributed by atoms with van der Waals surface area (Å²) >= 11 is 3.81. The van der Waals surface area contributed by atoms with Crippen LogP contribution in [0.25, 0.3) is 11.2 Å². The molecule has 0 aliphatic carbocycles. The molecule has 3 rings (SSSR count). The summed E-state index contributed by atoms with van der Waals surface area (Å²) in [4.78, 5) is 195. The summed E-state index contributed by atoms with van der Waals surface area (Å²) in [5.74, 6) is -10.5. The third-order valence-corrected chi connectivity index (χ3v) is 12.9. The average Bonchev–Trinajstić information content (AvgIpc) is 0.816. The van der Waals surface area contributed by atoms with E-state index in [9.17, 15) is 72.2 Å². The molecule has 2 aromatic heterocycles. The predicted octanol–water partition coefficient (Wildman–Crippen LogP) is -9.29. The van der Waals surface area contributed by atoms with Crippen LogP contribution in [0, 0.1) is 0 Å². The van der Waals surface area contributed by atoms with Gasteiger partial charge in [0.2, 0.25) is 65.0 Å². The number of carboxylic acids is 2. The van der Waals surface area contributed by atoms with Gasteiger partial charge in [0.15, 0.2) is 29.0 Å². The number of aliphatic imine (C=N–C) groups is 3. The second kappa shape index (κ2) is 44.0. The number of H-pyrrole nitrogens is 1. The van der Waals surface area contributed by atoms with Gasteiger partial charge in [-0.15, -0.1) is 0 Å². The molecule has 42 nitrogen and oxygen atoms in total. The van der Waals surface area contributed by atoms with Crippen LogP contribution in [0.1, 0.15) is 81.3 Å². The number of carbonyl (C=O) groups is 13. The van der Waals surface area contributed by atoms with E-state index in [2.05, 4.69) is 111 Å². The lowest BCUT2D eigenvalue weighted by Crippen LogP contribution is -2.54. The molecule has 0 aliphatic rings. The van der Waals surface area contributed by atoms with Gasteiger partial charge in [-0.2, -0.15) is 17.6 Å². The zero-order valence-electron chi connectivity index (χ0n) is 53.0. The van der Waals surface area contributed by atoms with Gasteiger partial charge in [-0.25, -0.2) is 19.6 Å². The molecule has 3 aromatic rings. The number of carboxylic acid groups (broad SMARTS) is 2. The Morgan fingerprint density at radius 1 is 0.546 bits per heavy atom. The van der Waals surface area contributed by atoms with E-state index in [1.54, 1.807) is 19.1 Å². The maximum Gasteiger partial charge on any atom is 0.327 e. The second-order valence-corrected chi connectivity index (χ2v) is 21.1. The first-order chi connectivity index (χ1) is 45.8. The number of benzene rings is 1. The number of carbonyl (C=O) groups excluding carboxylic acids is 11. The third kappa shape index (κ3) is 35.8. The van der Waals surface area contributed by atoms with Gasteiger partial charge < -0.3 is 114 Å². The third-order valence-electron chi connectivity index (χ3n) is 12.6. The van der Waals surface area contributed by atoms with Crippen LogP contribution in [-0.4, -0.2) is 220 Å². The molecule has 0 aliphatic heterocycles. The standard InChI is InChI=1S/C31H42N14O8.C23H42N12O8S/c1-16(3-2-10-35-30(32)33)41-24(49)15-39-23(48)14-38-22(47)13-37-21(46)9-8-20(29(52)53)43-27(50)17-4-6-18(7-5-17)36-11-19-12-40-26-25(42-19)28(51)45-31(34)44-26;1-12(36)33-14(5-3-7-29-23(26)27)20(41)35-13(4-2-6-28-22(24)25)19(40)32-9-17(38)30-8-16(37)31-10-18(39)34-15(11-44)21(42)43/h4-7,12,16,20,36H,2-3,8-11,13-15H2,1H3,(H,37,46)(H,38,47)(H,39,48)(H,41,49)(H,43,50)(H,52,53)(H4,32,33,35)(H3,34,40,44,45,51);13-15,44H,2-11H2,1H3,(H,30,38)(H,31,37)(H,32,40)(H,33,36)(H,34,39)(H,35,41)(H,42,43)(H4,24,25,28)(H4,26,27,29)/t16-,20+;13-,14-,15-/m10/s1. The fraction of sp³-hybridized carbons (Fsp3) is 0.481. The molecule has 11 amide bonds. The smallest absolute Gasteiger partial charge is 0.327 e. The van der Waals surface area contributed by atoms with E-state index >= 15 is 0 Å². The highest BCUT2D eigenvalue weighted by Gasteiger charge is 2.27. The van der Waals surface area contributed by atoms with E-state index in [0.717, 1.165) is 0 Å². The van der Waals surface area contributed by atoms with Gasteiger partial charge >= 0.3 is 11.9 Å². The van der Waals surface area contributed by atoms with Gasteiger partial charge in [-0.1, -0.05) is 0 Å². The number of amides is 11. The first-order valence-electron chi connectivity index (χ1n) is 29.5. The molecule has 0 saturated carbocycles. The van der Waals surface area contributed by atoms with Crippen LogP contribution in [-0.2, 0) is 64.1 Å². The van der Waals surface area contributed by atoms with Crippen LogP contribution in [0.3, 0.4) is 0 Å². The maximum atomic E-state index is 13.0. The van der Waals surface area contributed by atoms with Gasteiger partial charge in [0.25, 0.3) is 11.5 Å². The number of hydrogen-bond donors (Lipinski definition) is 23. The summed E-state index contributed by atoms with van der Waals surface area (Å²) in [7, 11) is 0. The van der Waals surface area contributed by atoms with Crippen molar-refractivity contribution in [3.8, 4) is 0 Å². The topological polar surface area (TPSA) is 697 Å². The molecule has 97 heavy (non-hydrogen) atoms. The van der Waals surface area contributed by atoms with Gasteiger partial charge in [0.05, 0.1) is 57.7 Å². The van der Waals surface area contributed by atoms with E-state index < -0.39 is 139 Å². The number of aliphatic carboxylic acids is 2. The zero-order chi connectivity index (χ0) is 72.6. The molecule has 0 radical (unpaired) electrons.